The fraction of sp³-hybridized carbons (Fsp3) is 0.228. The van der Waals surface area contributed by atoms with Crippen LogP contribution in [0.1, 0.15) is 123 Å². The molecule has 7 N–H and O–H groups in total. The number of fused-ring (bicyclic) bond motifs is 8. The van der Waals surface area contributed by atoms with Crippen LogP contribution in [0.2, 0.25) is 0 Å². The van der Waals surface area contributed by atoms with E-state index >= 15 is 0 Å². The van der Waals surface area contributed by atoms with Crippen molar-refractivity contribution in [2.24, 2.45) is 0 Å². The quantitative estimate of drug-likeness (QED) is 0.0459. The zero-order valence-electron chi connectivity index (χ0n) is 37.1. The van der Waals surface area contributed by atoms with Gasteiger partial charge >= 0.3 is 0 Å². The Morgan fingerprint density at radius 2 is 0.615 bits per heavy atom. The molecule has 0 saturated heterocycles. The summed E-state index contributed by atoms with van der Waals surface area (Å²) in [6, 6.07) is 47.1. The van der Waals surface area contributed by atoms with Crippen molar-refractivity contribution in [1.29, 1.82) is 0 Å². The van der Waals surface area contributed by atoms with E-state index in [1.165, 1.54) is 64.2 Å². The molecule has 8 heteroatoms. The number of hydrogen-bond donors (Lipinski definition) is 7. The second-order valence-corrected chi connectivity index (χ2v) is 17.2. The molecule has 0 saturated carbocycles. The largest absolute Gasteiger partial charge is 0.508 e. The fourth-order valence-corrected chi connectivity index (χ4v) is 9.13. The maximum Gasteiger partial charge on any atom is 0.119 e. The van der Waals surface area contributed by atoms with E-state index in [9.17, 15) is 15.3 Å². The first-order valence-electron chi connectivity index (χ1n) is 23.3. The molecular formula is C57H58N4O4. The van der Waals surface area contributed by atoms with Crippen molar-refractivity contribution in [2.75, 3.05) is 6.61 Å². The molecule has 0 atom stereocenters. The molecular weight excluding hydrogens is 805 g/mol. The number of unbranched alkanes of at least 4 members (excludes halogenated alkanes) is 10. The van der Waals surface area contributed by atoms with Crippen LogP contribution < -0.4 is 26.1 Å². The monoisotopic (exact) mass is 862 g/mol. The third-order valence-electron chi connectivity index (χ3n) is 12.5. The van der Waals surface area contributed by atoms with E-state index in [1.807, 2.05) is 36.4 Å². The Hall–Kier alpha value is -7.32. The van der Waals surface area contributed by atoms with Gasteiger partial charge in [-0.2, -0.15) is 0 Å². The number of H-pyrrole nitrogens is 4. The van der Waals surface area contributed by atoms with Gasteiger partial charge in [-0.25, -0.2) is 0 Å². The Bertz CT molecular complexity index is 3090. The van der Waals surface area contributed by atoms with Crippen LogP contribution in [0.5, 0.6) is 23.0 Å². The minimum atomic E-state index is 0.188. The van der Waals surface area contributed by atoms with Gasteiger partial charge in [0, 0.05) is 66.5 Å². The average molecular weight is 863 g/mol. The van der Waals surface area contributed by atoms with Gasteiger partial charge in [0.2, 0.25) is 0 Å². The number of aromatic nitrogens is 4. The highest BCUT2D eigenvalue weighted by molar-refractivity contribution is 5.85. The summed E-state index contributed by atoms with van der Waals surface area (Å²) < 4.78 is 6.27. The summed E-state index contributed by atoms with van der Waals surface area (Å²) in [5.74, 6) is 1.43. The summed E-state index contributed by atoms with van der Waals surface area (Å²) in [5, 5.41) is 34.5. The Morgan fingerprint density at radius 3 is 0.938 bits per heavy atom. The van der Waals surface area contributed by atoms with E-state index in [1.54, 1.807) is 36.4 Å². The number of rotatable bonds is 17. The van der Waals surface area contributed by atoms with Crippen LogP contribution in [0.3, 0.4) is 0 Å². The van der Waals surface area contributed by atoms with Crippen LogP contribution in [-0.4, -0.2) is 41.9 Å². The highest BCUT2D eigenvalue weighted by atomic mass is 16.5. The molecule has 4 aromatic heterocycles. The lowest BCUT2D eigenvalue weighted by atomic mass is 10.0. The number of phenolic OH excluding ortho intramolecular Hbond substituents is 3. The van der Waals surface area contributed by atoms with Crippen LogP contribution >= 0.6 is 0 Å². The van der Waals surface area contributed by atoms with Crippen molar-refractivity contribution in [2.45, 2.75) is 77.6 Å². The van der Waals surface area contributed by atoms with Crippen LogP contribution in [0.15, 0.2) is 146 Å². The van der Waals surface area contributed by atoms with Gasteiger partial charge in [0.05, 0.1) is 6.61 Å². The van der Waals surface area contributed by atoms with Gasteiger partial charge in [-0.05, 0) is 126 Å². The molecule has 1 aliphatic rings. The molecule has 0 amide bonds. The van der Waals surface area contributed by atoms with E-state index in [2.05, 4.69) is 99.7 Å². The smallest absolute Gasteiger partial charge is 0.119 e. The molecule has 9 rings (SSSR count). The molecule has 0 aliphatic carbocycles. The number of nitrogens with one attached hydrogen (secondary N) is 4. The molecule has 4 aromatic carbocycles. The topological polar surface area (TPSA) is 133 Å². The summed E-state index contributed by atoms with van der Waals surface area (Å²) in [5.41, 5.74) is 11.1. The van der Waals surface area contributed by atoms with E-state index < -0.39 is 0 Å². The van der Waals surface area contributed by atoms with Gasteiger partial charge in [0.15, 0.2) is 0 Å². The normalized spacial score (nSPS) is 12.6. The van der Waals surface area contributed by atoms with E-state index in [4.69, 9.17) is 4.74 Å². The Balaban J connectivity index is 1.13. The predicted octanol–water partition coefficient (Wildman–Crippen LogP) is 10.1. The Morgan fingerprint density at radius 1 is 0.323 bits per heavy atom. The minimum absolute atomic E-state index is 0.188. The van der Waals surface area contributed by atoms with Crippen LogP contribution in [0, 0.1) is 0 Å². The zero-order chi connectivity index (χ0) is 44.5. The van der Waals surface area contributed by atoms with Gasteiger partial charge in [0.25, 0.3) is 0 Å². The second kappa shape index (κ2) is 20.0. The molecule has 5 heterocycles. The number of aromatic amines is 4. The molecule has 8 bridgehead atoms. The van der Waals surface area contributed by atoms with Crippen molar-refractivity contribution in [3.05, 3.63) is 212 Å². The molecule has 1 aliphatic heterocycles. The van der Waals surface area contributed by atoms with Gasteiger partial charge in [-0.3, -0.25) is 0 Å². The van der Waals surface area contributed by atoms with Crippen molar-refractivity contribution in [1.82, 2.24) is 19.9 Å². The summed E-state index contributed by atoms with van der Waals surface area (Å²) in [6.07, 6.45) is 14.3. The molecule has 330 valence electrons. The highest BCUT2D eigenvalue weighted by Crippen LogP contribution is 2.30. The fourth-order valence-electron chi connectivity index (χ4n) is 9.13. The lowest BCUT2D eigenvalue weighted by molar-refractivity contribution is 0.304. The number of phenols is 3. The van der Waals surface area contributed by atoms with E-state index in [-0.39, 0.29) is 17.2 Å². The minimum Gasteiger partial charge on any atom is -0.508 e. The first-order valence-corrected chi connectivity index (χ1v) is 23.3. The number of ether oxygens (including phenoxy) is 1. The summed E-state index contributed by atoms with van der Waals surface area (Å²) in [7, 11) is 0. The molecule has 8 aromatic rings. The molecule has 8 nitrogen and oxygen atoms in total. The van der Waals surface area contributed by atoms with E-state index in [0.29, 0.717) is 6.61 Å². The second-order valence-electron chi connectivity index (χ2n) is 17.2. The maximum atomic E-state index is 10.3. The van der Waals surface area contributed by atoms with Crippen molar-refractivity contribution in [3.8, 4) is 23.0 Å². The van der Waals surface area contributed by atoms with Crippen molar-refractivity contribution in [3.63, 3.8) is 0 Å². The zero-order valence-corrected chi connectivity index (χ0v) is 37.1. The predicted molar refractivity (Wildman–Crippen MR) is 261 cm³/mol. The highest BCUT2D eigenvalue weighted by Gasteiger charge is 2.19. The van der Waals surface area contributed by atoms with Crippen LogP contribution in [-0.2, 0) is 0 Å². The summed E-state index contributed by atoms with van der Waals surface area (Å²) >= 11 is 0. The number of aromatic hydroxyl groups is 3. The SMILES string of the molecule is CCCCCCCCCCCCCOc1ccc(C2=c3ccc([nH]3)=C(c3ccc(O)cc3)c3ccc([nH]3)C(c3ccc(O)cc3)=c3ccc([nH]3)=C(c3ccc(O)cc3)c3ccc2[nH]3)cc1. The lowest BCUT2D eigenvalue weighted by Crippen LogP contribution is -2.19. The first kappa shape index (κ1) is 43.0. The van der Waals surface area contributed by atoms with E-state index in [0.717, 1.165) is 101 Å². The molecule has 0 spiro atoms. The molecule has 0 fully saturated rings. The van der Waals surface area contributed by atoms with Crippen LogP contribution in [0.4, 0.5) is 0 Å². The average Bonchev–Trinajstić information content (AvgIpc) is 4.18. The third-order valence-corrected chi connectivity index (χ3v) is 12.5. The summed E-state index contributed by atoms with van der Waals surface area (Å²) in [6.45, 7) is 2.98. The van der Waals surface area contributed by atoms with Gasteiger partial charge in [-0.1, -0.05) is 120 Å². The van der Waals surface area contributed by atoms with Gasteiger partial charge in [-0.15, -0.1) is 0 Å². The first-order chi connectivity index (χ1) is 31.9. The Labute approximate surface area is 380 Å². The lowest BCUT2D eigenvalue weighted by Gasteiger charge is -2.11. The third kappa shape index (κ3) is 9.92. The summed E-state index contributed by atoms with van der Waals surface area (Å²) in [4.78, 5) is 15.1. The number of benzene rings is 4. The molecule has 65 heavy (non-hydrogen) atoms. The van der Waals surface area contributed by atoms with Crippen LogP contribution in [0.25, 0.3) is 22.3 Å². The van der Waals surface area contributed by atoms with Crippen molar-refractivity contribution >= 4 is 22.3 Å². The maximum absolute atomic E-state index is 10.3. The molecule has 0 unspecified atom stereocenters. The van der Waals surface area contributed by atoms with Gasteiger partial charge < -0.3 is 40.0 Å². The molecule has 0 radical (unpaired) electrons. The number of hydrogen-bond acceptors (Lipinski definition) is 4. The Kier molecular flexibility index (Phi) is 13.2. The van der Waals surface area contributed by atoms with Gasteiger partial charge in [0.1, 0.15) is 23.0 Å². The standard InChI is InChI=1S/C57H58N4O4/c1-2-3-4-5-6-7-8-9-10-11-12-37-65-45-27-19-41(20-28-45)57-52-35-33-50(60-52)55(39-15-23-43(63)24-16-39)48-31-29-46(58-48)54(38-13-21-42(62)22-14-38)47-30-32-49(59-47)56(51-34-36-53(57)61-51)40-17-25-44(64)26-18-40/h13-36,58-64H,2-12,37H2,1H3. The van der Waals surface area contributed by atoms with Crippen molar-refractivity contribution < 1.29 is 20.1 Å².